The fraction of sp³-hybridized carbons (Fsp3) is 0.125. The molecule has 0 aliphatic carbocycles. The van der Waals surface area contributed by atoms with Gasteiger partial charge in [0.2, 0.25) is 0 Å². The Hall–Kier alpha value is -3.02. The first kappa shape index (κ1) is 13.9. The molecule has 1 atom stereocenters. The first-order chi connectivity index (χ1) is 10.6. The molecule has 6 nitrogen and oxygen atoms in total. The van der Waals surface area contributed by atoms with Crippen LogP contribution in [0.2, 0.25) is 0 Å². The zero-order chi connectivity index (χ0) is 15.7. The molecule has 0 saturated carbocycles. The van der Waals surface area contributed by atoms with Gasteiger partial charge in [-0.15, -0.1) is 0 Å². The molecule has 1 N–H and O–H groups in total. The average molecular weight is 296 g/mol. The summed E-state index contributed by atoms with van der Waals surface area (Å²) in [6.45, 7) is -0.215. The molecule has 1 unspecified atom stereocenters. The molecule has 2 amide bonds. The van der Waals surface area contributed by atoms with Gasteiger partial charge < -0.3 is 5.11 Å². The highest BCUT2D eigenvalue weighted by atomic mass is 16.4. The van der Waals surface area contributed by atoms with Crippen molar-refractivity contribution in [2.24, 2.45) is 0 Å². The van der Waals surface area contributed by atoms with Gasteiger partial charge in [-0.05, 0) is 23.8 Å². The average Bonchev–Trinajstić information content (AvgIpc) is 2.78. The lowest BCUT2D eigenvalue weighted by Gasteiger charge is -2.19. The first-order valence-electron chi connectivity index (χ1n) is 6.67. The summed E-state index contributed by atoms with van der Waals surface area (Å²) in [6, 6.07) is 9.70. The number of carboxylic acids is 1. The topological polar surface area (TPSA) is 87.6 Å². The molecule has 0 bridgehead atoms. The molecule has 22 heavy (non-hydrogen) atoms. The lowest BCUT2D eigenvalue weighted by Crippen LogP contribution is -2.36. The predicted octanol–water partition coefficient (Wildman–Crippen LogP) is 1.55. The summed E-state index contributed by atoms with van der Waals surface area (Å²) in [5.41, 5.74) is 1.07. The van der Waals surface area contributed by atoms with Gasteiger partial charge in [-0.2, -0.15) is 0 Å². The van der Waals surface area contributed by atoms with Crippen LogP contribution in [0.3, 0.4) is 0 Å². The number of carboxylic acid groups (broad SMARTS) is 1. The normalized spacial score (nSPS) is 14.8. The Balaban J connectivity index is 1.91. The van der Waals surface area contributed by atoms with Gasteiger partial charge in [-0.3, -0.25) is 24.3 Å². The molecule has 0 radical (unpaired) electrons. The van der Waals surface area contributed by atoms with Gasteiger partial charge in [-0.1, -0.05) is 18.2 Å². The monoisotopic (exact) mass is 296 g/mol. The summed E-state index contributed by atoms with van der Waals surface area (Å²) in [5, 5.41) is 9.40. The Bertz CT molecular complexity index is 723. The zero-order valence-corrected chi connectivity index (χ0v) is 11.5. The third-order valence-corrected chi connectivity index (χ3v) is 3.63. The van der Waals surface area contributed by atoms with Crippen LogP contribution in [-0.4, -0.2) is 39.3 Å². The van der Waals surface area contributed by atoms with Gasteiger partial charge in [-0.25, -0.2) is 0 Å². The lowest BCUT2D eigenvalue weighted by molar-refractivity contribution is -0.138. The van der Waals surface area contributed by atoms with Crippen LogP contribution in [0.1, 0.15) is 32.2 Å². The second kappa shape index (κ2) is 5.40. The molecule has 1 aromatic heterocycles. The van der Waals surface area contributed by atoms with Crippen LogP contribution in [0.5, 0.6) is 0 Å². The Morgan fingerprint density at radius 3 is 2.23 bits per heavy atom. The number of hydrogen-bond acceptors (Lipinski definition) is 4. The summed E-state index contributed by atoms with van der Waals surface area (Å²) in [7, 11) is 0. The summed E-state index contributed by atoms with van der Waals surface area (Å²) < 4.78 is 0. The molecule has 1 aliphatic heterocycles. The van der Waals surface area contributed by atoms with Crippen molar-refractivity contribution in [1.29, 1.82) is 0 Å². The Morgan fingerprint density at radius 1 is 1.09 bits per heavy atom. The van der Waals surface area contributed by atoms with Crippen molar-refractivity contribution in [1.82, 2.24) is 9.88 Å². The number of aliphatic carboxylic acids is 1. The van der Waals surface area contributed by atoms with Crippen molar-refractivity contribution >= 4 is 17.8 Å². The van der Waals surface area contributed by atoms with Crippen LogP contribution in [0.25, 0.3) is 0 Å². The molecule has 3 rings (SSSR count). The van der Waals surface area contributed by atoms with Crippen LogP contribution < -0.4 is 0 Å². The Kier molecular flexibility index (Phi) is 3.42. The SMILES string of the molecule is O=C(O)C(CN1C(=O)c2ccccc2C1=O)c1cccnc1. The standard InChI is InChI=1S/C16H12N2O4/c19-14-11-5-1-2-6-12(11)15(20)18(14)9-13(16(21)22)10-4-3-7-17-8-10/h1-8,13H,9H2,(H,21,22). The number of nitrogens with zero attached hydrogens (tertiary/aromatic N) is 2. The summed E-state index contributed by atoms with van der Waals surface area (Å²) in [5.74, 6) is -3.04. The third kappa shape index (κ3) is 2.24. The highest BCUT2D eigenvalue weighted by Gasteiger charge is 2.38. The molecule has 110 valence electrons. The van der Waals surface area contributed by atoms with E-state index in [1.54, 1.807) is 36.4 Å². The third-order valence-electron chi connectivity index (χ3n) is 3.63. The minimum atomic E-state index is -1.11. The number of carbonyl (C=O) groups excluding carboxylic acids is 2. The molecular weight excluding hydrogens is 284 g/mol. The van der Waals surface area contributed by atoms with Crippen molar-refractivity contribution in [3.05, 3.63) is 65.5 Å². The maximum absolute atomic E-state index is 12.3. The lowest BCUT2D eigenvalue weighted by atomic mass is 10.0. The number of fused-ring (bicyclic) bond motifs is 1. The molecule has 2 heterocycles. The number of aromatic nitrogens is 1. The van der Waals surface area contributed by atoms with E-state index in [1.165, 1.54) is 12.4 Å². The van der Waals surface area contributed by atoms with Gasteiger partial charge in [0.05, 0.1) is 11.1 Å². The molecule has 6 heteroatoms. The van der Waals surface area contributed by atoms with Crippen LogP contribution in [-0.2, 0) is 4.79 Å². The maximum Gasteiger partial charge on any atom is 0.312 e. The van der Waals surface area contributed by atoms with Crippen LogP contribution in [0, 0.1) is 0 Å². The number of rotatable bonds is 4. The van der Waals surface area contributed by atoms with Crippen molar-refractivity contribution in [3.63, 3.8) is 0 Å². The fourth-order valence-corrected chi connectivity index (χ4v) is 2.50. The van der Waals surface area contributed by atoms with Crippen molar-refractivity contribution < 1.29 is 19.5 Å². The van der Waals surface area contributed by atoms with E-state index in [4.69, 9.17) is 0 Å². The fourth-order valence-electron chi connectivity index (χ4n) is 2.50. The van der Waals surface area contributed by atoms with Crippen LogP contribution in [0.4, 0.5) is 0 Å². The van der Waals surface area contributed by atoms with E-state index in [0.717, 1.165) is 4.90 Å². The van der Waals surface area contributed by atoms with Gasteiger partial charge in [0, 0.05) is 18.9 Å². The van der Waals surface area contributed by atoms with Gasteiger partial charge >= 0.3 is 5.97 Å². The molecule has 1 aliphatic rings. The second-order valence-corrected chi connectivity index (χ2v) is 4.94. The number of imide groups is 1. The number of hydrogen-bond donors (Lipinski definition) is 1. The second-order valence-electron chi connectivity index (χ2n) is 4.94. The molecule has 0 saturated heterocycles. The minimum Gasteiger partial charge on any atom is -0.481 e. The summed E-state index contributed by atoms with van der Waals surface area (Å²) in [4.78, 5) is 41.0. The Morgan fingerprint density at radius 2 is 1.73 bits per heavy atom. The summed E-state index contributed by atoms with van der Waals surface area (Å²) >= 11 is 0. The molecule has 0 fully saturated rings. The van der Waals surface area contributed by atoms with Crippen molar-refractivity contribution in [2.75, 3.05) is 6.54 Å². The van der Waals surface area contributed by atoms with Crippen LogP contribution >= 0.6 is 0 Å². The predicted molar refractivity (Wildman–Crippen MR) is 76.4 cm³/mol. The highest BCUT2D eigenvalue weighted by molar-refractivity contribution is 6.21. The number of pyridine rings is 1. The van der Waals surface area contributed by atoms with E-state index < -0.39 is 23.7 Å². The van der Waals surface area contributed by atoms with Gasteiger partial charge in [0.15, 0.2) is 0 Å². The molecule has 2 aromatic rings. The smallest absolute Gasteiger partial charge is 0.312 e. The molecular formula is C16H12N2O4. The van der Waals surface area contributed by atoms with E-state index in [9.17, 15) is 19.5 Å². The van der Waals surface area contributed by atoms with Crippen molar-refractivity contribution in [3.8, 4) is 0 Å². The summed E-state index contributed by atoms with van der Waals surface area (Å²) in [6.07, 6.45) is 2.96. The quantitative estimate of drug-likeness (QED) is 0.865. The first-order valence-corrected chi connectivity index (χ1v) is 6.67. The number of carbonyl (C=O) groups is 3. The minimum absolute atomic E-state index is 0.215. The highest BCUT2D eigenvalue weighted by Crippen LogP contribution is 2.26. The van der Waals surface area contributed by atoms with E-state index in [2.05, 4.69) is 4.98 Å². The van der Waals surface area contributed by atoms with Gasteiger partial charge in [0.25, 0.3) is 11.8 Å². The molecule has 1 aromatic carbocycles. The molecule has 0 spiro atoms. The van der Waals surface area contributed by atoms with E-state index in [-0.39, 0.29) is 6.54 Å². The number of amides is 2. The maximum atomic E-state index is 12.3. The van der Waals surface area contributed by atoms with Crippen LogP contribution in [0.15, 0.2) is 48.8 Å². The van der Waals surface area contributed by atoms with E-state index >= 15 is 0 Å². The zero-order valence-electron chi connectivity index (χ0n) is 11.5. The number of benzene rings is 1. The van der Waals surface area contributed by atoms with E-state index in [0.29, 0.717) is 16.7 Å². The van der Waals surface area contributed by atoms with Gasteiger partial charge in [0.1, 0.15) is 5.92 Å². The largest absolute Gasteiger partial charge is 0.481 e. The van der Waals surface area contributed by atoms with Crippen molar-refractivity contribution in [2.45, 2.75) is 5.92 Å². The Labute approximate surface area is 126 Å². The van der Waals surface area contributed by atoms with E-state index in [1.807, 2.05) is 0 Å².